The zero-order valence-electron chi connectivity index (χ0n) is 11.6. The van der Waals surface area contributed by atoms with Gasteiger partial charge in [0, 0.05) is 6.07 Å². The third-order valence-corrected chi connectivity index (χ3v) is 3.95. The van der Waals surface area contributed by atoms with E-state index in [0.717, 1.165) is 31.7 Å². The van der Waals surface area contributed by atoms with Crippen molar-refractivity contribution in [3.63, 3.8) is 0 Å². The number of carboxylic acids is 1. The van der Waals surface area contributed by atoms with Gasteiger partial charge in [0.05, 0.1) is 5.56 Å². The minimum absolute atomic E-state index is 0.0438. The van der Waals surface area contributed by atoms with Crippen molar-refractivity contribution in [1.29, 1.82) is 0 Å². The van der Waals surface area contributed by atoms with Gasteiger partial charge in [0.2, 0.25) is 0 Å². The number of aromatic hydroxyl groups is 2. The van der Waals surface area contributed by atoms with E-state index in [0.29, 0.717) is 12.8 Å². The predicted molar refractivity (Wildman–Crippen MR) is 75.3 cm³/mol. The molecule has 0 heterocycles. The fraction of sp³-hybridized carbons (Fsp3) is 0.467. The van der Waals surface area contributed by atoms with Crippen molar-refractivity contribution in [3.05, 3.63) is 23.8 Å². The number of carbonyl (C=O) groups is 2. The molecule has 1 aliphatic rings. The van der Waals surface area contributed by atoms with Crippen molar-refractivity contribution >= 4 is 11.9 Å². The predicted octanol–water partition coefficient (Wildman–Crippen LogP) is 2.01. The second kappa shape index (κ2) is 6.03. The minimum Gasteiger partial charge on any atom is -0.508 e. The van der Waals surface area contributed by atoms with Gasteiger partial charge in [-0.3, -0.25) is 4.79 Å². The van der Waals surface area contributed by atoms with E-state index < -0.39 is 17.4 Å². The van der Waals surface area contributed by atoms with E-state index in [9.17, 15) is 24.9 Å². The second-order valence-electron chi connectivity index (χ2n) is 5.46. The minimum atomic E-state index is -1.28. The number of hydrogen-bond acceptors (Lipinski definition) is 4. The van der Waals surface area contributed by atoms with Gasteiger partial charge in [-0.05, 0) is 25.0 Å². The number of phenolic OH excluding ortho intramolecular Hbond substituents is 2. The van der Waals surface area contributed by atoms with Crippen LogP contribution in [0.3, 0.4) is 0 Å². The third-order valence-electron chi connectivity index (χ3n) is 3.95. The third kappa shape index (κ3) is 3.26. The molecule has 114 valence electrons. The fourth-order valence-corrected chi connectivity index (χ4v) is 2.72. The maximum atomic E-state index is 12.3. The Labute approximate surface area is 122 Å². The highest BCUT2D eigenvalue weighted by molar-refractivity contribution is 6.00. The molecular weight excluding hydrogens is 274 g/mol. The molecule has 21 heavy (non-hydrogen) atoms. The standard InChI is InChI=1S/C15H19NO5/c17-10-5-6-11(12(18)9-10)13(19)16-15(14(20)21)7-3-1-2-4-8-15/h5-6,9,17-18H,1-4,7-8H2,(H,16,19)(H,20,21). The Morgan fingerprint density at radius 1 is 1.05 bits per heavy atom. The number of rotatable bonds is 3. The van der Waals surface area contributed by atoms with Crippen molar-refractivity contribution in [2.45, 2.75) is 44.1 Å². The summed E-state index contributed by atoms with van der Waals surface area (Å²) in [6, 6.07) is 3.59. The van der Waals surface area contributed by atoms with Gasteiger partial charge in [0.1, 0.15) is 17.0 Å². The van der Waals surface area contributed by atoms with Gasteiger partial charge in [-0.1, -0.05) is 25.7 Å². The van der Waals surface area contributed by atoms with Crippen LogP contribution >= 0.6 is 0 Å². The fourth-order valence-electron chi connectivity index (χ4n) is 2.72. The Hall–Kier alpha value is -2.24. The average molecular weight is 293 g/mol. The average Bonchev–Trinajstić information content (AvgIpc) is 2.65. The molecule has 1 aromatic carbocycles. The summed E-state index contributed by atoms with van der Waals surface area (Å²) in [5.41, 5.74) is -1.32. The summed E-state index contributed by atoms with van der Waals surface area (Å²) >= 11 is 0. The zero-order chi connectivity index (χ0) is 15.5. The molecule has 0 bridgehead atoms. The Balaban J connectivity index is 2.24. The van der Waals surface area contributed by atoms with E-state index in [4.69, 9.17) is 0 Å². The van der Waals surface area contributed by atoms with Crippen LogP contribution in [0, 0.1) is 0 Å². The maximum Gasteiger partial charge on any atom is 0.329 e. The highest BCUT2D eigenvalue weighted by Crippen LogP contribution is 2.29. The molecule has 6 nitrogen and oxygen atoms in total. The van der Waals surface area contributed by atoms with Gasteiger partial charge in [-0.25, -0.2) is 4.79 Å². The largest absolute Gasteiger partial charge is 0.508 e. The topological polar surface area (TPSA) is 107 Å². The van der Waals surface area contributed by atoms with E-state index in [1.165, 1.54) is 12.1 Å². The normalized spacial score (nSPS) is 17.7. The van der Waals surface area contributed by atoms with Gasteiger partial charge < -0.3 is 20.6 Å². The molecule has 4 N–H and O–H groups in total. The number of carboxylic acid groups (broad SMARTS) is 1. The monoisotopic (exact) mass is 293 g/mol. The van der Waals surface area contributed by atoms with Crippen molar-refractivity contribution in [1.82, 2.24) is 5.32 Å². The van der Waals surface area contributed by atoms with Crippen molar-refractivity contribution < 1.29 is 24.9 Å². The van der Waals surface area contributed by atoms with E-state index >= 15 is 0 Å². The lowest BCUT2D eigenvalue weighted by molar-refractivity contribution is -0.145. The summed E-state index contributed by atoms with van der Waals surface area (Å²) in [6.45, 7) is 0. The Kier molecular flexibility index (Phi) is 4.35. The van der Waals surface area contributed by atoms with Gasteiger partial charge in [0.15, 0.2) is 0 Å². The number of benzene rings is 1. The zero-order valence-corrected chi connectivity index (χ0v) is 11.6. The van der Waals surface area contributed by atoms with Crippen LogP contribution in [-0.2, 0) is 4.79 Å². The molecule has 0 radical (unpaired) electrons. The molecule has 6 heteroatoms. The molecule has 1 fully saturated rings. The molecular formula is C15H19NO5. The number of carbonyl (C=O) groups excluding carboxylic acids is 1. The van der Waals surface area contributed by atoms with Crippen LogP contribution in [0.15, 0.2) is 18.2 Å². The Morgan fingerprint density at radius 2 is 1.67 bits per heavy atom. The molecule has 1 saturated carbocycles. The summed E-state index contributed by atoms with van der Waals surface area (Å²) in [6.07, 6.45) is 4.16. The second-order valence-corrected chi connectivity index (χ2v) is 5.46. The summed E-state index contributed by atoms with van der Waals surface area (Å²) < 4.78 is 0. The molecule has 1 aromatic rings. The molecule has 0 unspecified atom stereocenters. The lowest BCUT2D eigenvalue weighted by atomic mass is 9.89. The molecule has 1 amide bonds. The van der Waals surface area contributed by atoms with Crippen LogP contribution in [-0.4, -0.2) is 32.7 Å². The van der Waals surface area contributed by atoms with Gasteiger partial charge >= 0.3 is 5.97 Å². The van der Waals surface area contributed by atoms with Crippen molar-refractivity contribution in [3.8, 4) is 11.5 Å². The van der Waals surface area contributed by atoms with Crippen LogP contribution in [0.4, 0.5) is 0 Å². The van der Waals surface area contributed by atoms with Crippen LogP contribution in [0.2, 0.25) is 0 Å². The molecule has 0 spiro atoms. The number of hydrogen-bond donors (Lipinski definition) is 4. The van der Waals surface area contributed by atoms with E-state index in [1.807, 2.05) is 0 Å². The Morgan fingerprint density at radius 3 is 2.19 bits per heavy atom. The highest BCUT2D eigenvalue weighted by atomic mass is 16.4. The number of aliphatic carboxylic acids is 1. The first-order chi connectivity index (χ1) is 9.94. The highest BCUT2D eigenvalue weighted by Gasteiger charge is 2.40. The van der Waals surface area contributed by atoms with E-state index in [1.54, 1.807) is 0 Å². The van der Waals surface area contributed by atoms with Crippen molar-refractivity contribution in [2.75, 3.05) is 0 Å². The summed E-state index contributed by atoms with van der Waals surface area (Å²) in [7, 11) is 0. The maximum absolute atomic E-state index is 12.3. The molecule has 2 rings (SSSR count). The van der Waals surface area contributed by atoms with Crippen LogP contribution in [0.25, 0.3) is 0 Å². The Bertz CT molecular complexity index is 547. The number of phenols is 2. The quantitative estimate of drug-likeness (QED) is 0.638. The first kappa shape index (κ1) is 15.2. The van der Waals surface area contributed by atoms with Crippen molar-refractivity contribution in [2.24, 2.45) is 0 Å². The lowest BCUT2D eigenvalue weighted by Crippen LogP contribution is -2.54. The molecule has 0 aliphatic heterocycles. The summed E-state index contributed by atoms with van der Waals surface area (Å²) in [5.74, 6) is -2.22. The SMILES string of the molecule is O=C(NC1(C(=O)O)CCCCCC1)c1ccc(O)cc1O. The molecule has 1 aliphatic carbocycles. The van der Waals surface area contributed by atoms with Crippen LogP contribution < -0.4 is 5.32 Å². The first-order valence-electron chi connectivity index (χ1n) is 7.02. The lowest BCUT2D eigenvalue weighted by Gasteiger charge is -2.29. The van der Waals surface area contributed by atoms with Crippen LogP contribution in [0.5, 0.6) is 11.5 Å². The van der Waals surface area contributed by atoms with Gasteiger partial charge in [0.25, 0.3) is 5.91 Å². The number of amides is 1. The summed E-state index contributed by atoms with van der Waals surface area (Å²) in [4.78, 5) is 23.9. The molecule has 0 saturated heterocycles. The van der Waals surface area contributed by atoms with Crippen LogP contribution in [0.1, 0.15) is 48.9 Å². The summed E-state index contributed by atoms with van der Waals surface area (Å²) in [5, 5.41) is 31.0. The van der Waals surface area contributed by atoms with Gasteiger partial charge in [-0.2, -0.15) is 0 Å². The van der Waals surface area contributed by atoms with Gasteiger partial charge in [-0.15, -0.1) is 0 Å². The van der Waals surface area contributed by atoms with E-state index in [-0.39, 0.29) is 17.1 Å². The number of nitrogens with one attached hydrogen (secondary N) is 1. The smallest absolute Gasteiger partial charge is 0.329 e. The molecule has 0 atom stereocenters. The van der Waals surface area contributed by atoms with E-state index in [2.05, 4.69) is 5.32 Å². The molecule has 0 aromatic heterocycles. The first-order valence-corrected chi connectivity index (χ1v) is 7.02.